The second-order valence-corrected chi connectivity index (χ2v) is 4.78. The number of halogens is 3. The zero-order valence-electron chi connectivity index (χ0n) is 11.1. The number of aliphatic hydroxyl groups excluding tert-OH is 1. The molecule has 0 unspecified atom stereocenters. The molecule has 1 saturated heterocycles. The molecule has 1 aromatic carbocycles. The Morgan fingerprint density at radius 1 is 1.33 bits per heavy atom. The number of imide groups is 1. The van der Waals surface area contributed by atoms with Gasteiger partial charge in [-0.2, -0.15) is 13.2 Å². The van der Waals surface area contributed by atoms with E-state index in [1.807, 2.05) is 0 Å². The number of carbonyl (C=O) groups is 2. The number of nitrogens with zero attached hydrogens (tertiary/aromatic N) is 2. The molecule has 0 aromatic heterocycles. The molecular formula is C13H13F3N2O3. The Morgan fingerprint density at radius 3 is 2.52 bits per heavy atom. The largest absolute Gasteiger partial charge is 0.416 e. The SMILES string of the molecule is CN1CC(=O)N(C[C@@H](O)c2cccc(C(F)(F)F)c2)C1=O. The summed E-state index contributed by atoms with van der Waals surface area (Å²) in [5.41, 5.74) is -0.893. The predicted octanol–water partition coefficient (Wildman–Crippen LogP) is 1.63. The van der Waals surface area contributed by atoms with Gasteiger partial charge in [0.15, 0.2) is 0 Å². The highest BCUT2D eigenvalue weighted by molar-refractivity contribution is 6.01. The number of rotatable bonds is 3. The molecule has 5 nitrogen and oxygen atoms in total. The fourth-order valence-electron chi connectivity index (χ4n) is 2.05. The van der Waals surface area contributed by atoms with Crippen LogP contribution in [0.25, 0.3) is 0 Å². The summed E-state index contributed by atoms with van der Waals surface area (Å²) in [4.78, 5) is 25.2. The summed E-state index contributed by atoms with van der Waals surface area (Å²) in [6.07, 6.45) is -5.89. The number of amides is 3. The summed E-state index contributed by atoms with van der Waals surface area (Å²) in [5, 5.41) is 9.96. The van der Waals surface area contributed by atoms with Crippen molar-refractivity contribution in [3.05, 3.63) is 35.4 Å². The summed E-state index contributed by atoms with van der Waals surface area (Å²) in [6.45, 7) is -0.475. The minimum Gasteiger partial charge on any atom is -0.387 e. The zero-order chi connectivity index (χ0) is 15.8. The molecule has 1 aliphatic heterocycles. The van der Waals surface area contributed by atoms with Crippen LogP contribution < -0.4 is 0 Å². The molecule has 1 aliphatic rings. The summed E-state index contributed by atoms with van der Waals surface area (Å²) >= 11 is 0. The van der Waals surface area contributed by atoms with Crippen LogP contribution in [0.1, 0.15) is 17.2 Å². The van der Waals surface area contributed by atoms with Crippen LogP contribution in [0.3, 0.4) is 0 Å². The van der Waals surface area contributed by atoms with Gasteiger partial charge in [0.2, 0.25) is 5.91 Å². The molecule has 114 valence electrons. The van der Waals surface area contributed by atoms with Crippen LogP contribution in [-0.4, -0.2) is 47.0 Å². The highest BCUT2D eigenvalue weighted by Crippen LogP contribution is 2.31. The molecular weight excluding hydrogens is 289 g/mol. The van der Waals surface area contributed by atoms with Crippen molar-refractivity contribution in [1.29, 1.82) is 0 Å². The van der Waals surface area contributed by atoms with E-state index in [9.17, 15) is 27.9 Å². The van der Waals surface area contributed by atoms with Gasteiger partial charge in [0.05, 0.1) is 18.2 Å². The zero-order valence-corrected chi connectivity index (χ0v) is 11.1. The van der Waals surface area contributed by atoms with Crippen LogP contribution in [0, 0.1) is 0 Å². The Morgan fingerprint density at radius 2 is 2.00 bits per heavy atom. The molecule has 21 heavy (non-hydrogen) atoms. The van der Waals surface area contributed by atoms with E-state index in [1.54, 1.807) is 0 Å². The van der Waals surface area contributed by atoms with Crippen molar-refractivity contribution in [1.82, 2.24) is 9.80 Å². The van der Waals surface area contributed by atoms with Crippen LogP contribution in [0.15, 0.2) is 24.3 Å². The molecule has 0 bridgehead atoms. The summed E-state index contributed by atoms with van der Waals surface area (Å²) < 4.78 is 37.8. The first kappa shape index (κ1) is 15.3. The lowest BCUT2D eigenvalue weighted by Gasteiger charge is -2.19. The second-order valence-electron chi connectivity index (χ2n) is 4.78. The van der Waals surface area contributed by atoms with Crippen molar-refractivity contribution in [2.75, 3.05) is 20.1 Å². The van der Waals surface area contributed by atoms with E-state index in [-0.39, 0.29) is 18.7 Å². The van der Waals surface area contributed by atoms with Crippen LogP contribution in [0.4, 0.5) is 18.0 Å². The number of benzene rings is 1. The van der Waals surface area contributed by atoms with Crippen molar-refractivity contribution in [2.45, 2.75) is 12.3 Å². The van der Waals surface area contributed by atoms with Crippen molar-refractivity contribution in [3.63, 3.8) is 0 Å². The second kappa shape index (κ2) is 5.36. The maximum Gasteiger partial charge on any atom is 0.416 e. The number of β-amino-alcohol motifs (C(OH)–C–C–N with tert-alkyl or cyclic N) is 1. The van der Waals surface area contributed by atoms with E-state index in [2.05, 4.69) is 0 Å². The molecule has 0 aliphatic carbocycles. The van der Waals surface area contributed by atoms with Gasteiger partial charge in [-0.15, -0.1) is 0 Å². The fourth-order valence-corrected chi connectivity index (χ4v) is 2.05. The topological polar surface area (TPSA) is 60.9 Å². The summed E-state index contributed by atoms with van der Waals surface area (Å²) in [6, 6.07) is 3.59. The number of urea groups is 1. The van der Waals surface area contributed by atoms with E-state index >= 15 is 0 Å². The third kappa shape index (κ3) is 3.15. The first-order chi connectivity index (χ1) is 9.70. The Hall–Kier alpha value is -2.09. The van der Waals surface area contributed by atoms with Gasteiger partial charge >= 0.3 is 12.2 Å². The van der Waals surface area contributed by atoms with E-state index in [0.29, 0.717) is 0 Å². The number of hydrogen-bond acceptors (Lipinski definition) is 3. The average Bonchev–Trinajstić information content (AvgIpc) is 2.64. The first-order valence-corrected chi connectivity index (χ1v) is 6.11. The summed E-state index contributed by atoms with van der Waals surface area (Å²) in [5.74, 6) is -0.492. The van der Waals surface area contributed by atoms with Gasteiger partial charge in [-0.1, -0.05) is 12.1 Å². The number of aliphatic hydroxyl groups is 1. The van der Waals surface area contributed by atoms with Crippen LogP contribution in [0.5, 0.6) is 0 Å². The third-order valence-corrected chi connectivity index (χ3v) is 3.19. The molecule has 3 amide bonds. The van der Waals surface area contributed by atoms with Gasteiger partial charge in [0.25, 0.3) is 0 Å². The Kier molecular flexibility index (Phi) is 3.91. The first-order valence-electron chi connectivity index (χ1n) is 6.11. The standard InChI is InChI=1S/C13H13F3N2O3/c1-17-7-11(20)18(12(17)21)6-10(19)8-3-2-4-9(5-8)13(14,15)16/h2-5,10,19H,6-7H2,1H3/t10-/m1/s1. The van der Waals surface area contributed by atoms with Gasteiger partial charge in [-0.25, -0.2) is 4.79 Å². The third-order valence-electron chi connectivity index (χ3n) is 3.19. The van der Waals surface area contributed by atoms with Gasteiger partial charge in [0, 0.05) is 7.05 Å². The molecule has 8 heteroatoms. The normalized spacial score (nSPS) is 17.6. The Balaban J connectivity index is 2.16. The van der Waals surface area contributed by atoms with Crippen molar-refractivity contribution >= 4 is 11.9 Å². The number of hydrogen-bond donors (Lipinski definition) is 1. The van der Waals surface area contributed by atoms with Crippen LogP contribution in [0.2, 0.25) is 0 Å². The molecule has 1 heterocycles. The minimum atomic E-state index is -4.52. The quantitative estimate of drug-likeness (QED) is 0.863. The number of alkyl halides is 3. The van der Waals surface area contributed by atoms with Crippen LogP contribution >= 0.6 is 0 Å². The van der Waals surface area contributed by atoms with Crippen molar-refractivity contribution < 1.29 is 27.9 Å². The number of likely N-dealkylation sites (N-methyl/N-ethyl adjacent to an activating group) is 1. The predicted molar refractivity (Wildman–Crippen MR) is 66.1 cm³/mol. The fraction of sp³-hybridized carbons (Fsp3) is 0.385. The molecule has 0 radical (unpaired) electrons. The summed E-state index contributed by atoms with van der Waals surface area (Å²) in [7, 11) is 1.43. The number of carbonyl (C=O) groups excluding carboxylic acids is 2. The van der Waals surface area contributed by atoms with Crippen molar-refractivity contribution in [2.24, 2.45) is 0 Å². The van der Waals surface area contributed by atoms with E-state index in [1.165, 1.54) is 24.1 Å². The molecule has 2 rings (SSSR count). The van der Waals surface area contributed by atoms with Gasteiger partial charge in [-0.05, 0) is 17.7 Å². The minimum absolute atomic E-state index is 0.0000203. The average molecular weight is 302 g/mol. The lowest BCUT2D eigenvalue weighted by Crippen LogP contribution is -2.35. The highest BCUT2D eigenvalue weighted by atomic mass is 19.4. The Bertz CT molecular complexity index is 574. The monoisotopic (exact) mass is 302 g/mol. The van der Waals surface area contributed by atoms with Gasteiger partial charge < -0.3 is 10.0 Å². The molecule has 1 N–H and O–H groups in total. The molecule has 1 atom stereocenters. The molecule has 0 spiro atoms. The van der Waals surface area contributed by atoms with E-state index < -0.39 is 29.8 Å². The Labute approximate surface area is 118 Å². The maximum absolute atomic E-state index is 12.6. The van der Waals surface area contributed by atoms with Crippen molar-refractivity contribution in [3.8, 4) is 0 Å². The lowest BCUT2D eigenvalue weighted by molar-refractivity contribution is -0.137. The van der Waals surface area contributed by atoms with Gasteiger partial charge in [0.1, 0.15) is 6.54 Å². The molecule has 0 saturated carbocycles. The smallest absolute Gasteiger partial charge is 0.387 e. The van der Waals surface area contributed by atoms with Gasteiger partial charge in [-0.3, -0.25) is 9.69 Å². The molecule has 1 aromatic rings. The van der Waals surface area contributed by atoms with Crippen LogP contribution in [-0.2, 0) is 11.0 Å². The molecule has 1 fully saturated rings. The maximum atomic E-state index is 12.6. The van der Waals surface area contributed by atoms with E-state index in [4.69, 9.17) is 0 Å². The lowest BCUT2D eigenvalue weighted by atomic mass is 10.1. The van der Waals surface area contributed by atoms with E-state index in [0.717, 1.165) is 17.0 Å². The highest BCUT2D eigenvalue weighted by Gasteiger charge is 2.35.